The van der Waals surface area contributed by atoms with Gasteiger partial charge < -0.3 is 9.84 Å². The first-order chi connectivity index (χ1) is 9.54. The maximum atomic E-state index is 12.3. The fourth-order valence-corrected chi connectivity index (χ4v) is 2.26. The summed E-state index contributed by atoms with van der Waals surface area (Å²) in [6, 6.07) is 10.1. The number of carboxylic acid groups (broad SMARTS) is 1. The van der Waals surface area contributed by atoms with E-state index in [2.05, 4.69) is 0 Å². The quantitative estimate of drug-likeness (QED) is 0.803. The molecule has 5 heteroatoms. The van der Waals surface area contributed by atoms with Gasteiger partial charge in [0, 0.05) is 0 Å². The predicted octanol–water partition coefficient (Wildman–Crippen LogP) is 2.12. The summed E-state index contributed by atoms with van der Waals surface area (Å²) < 4.78 is 4.96. The Morgan fingerprint density at radius 1 is 1.35 bits per heavy atom. The van der Waals surface area contributed by atoms with Crippen LogP contribution in [0.3, 0.4) is 0 Å². The molecule has 0 aliphatic carbocycles. The highest BCUT2D eigenvalue weighted by atomic mass is 16.5. The molecule has 0 heterocycles. The topological polar surface area (TPSA) is 87.4 Å². The second kappa shape index (κ2) is 6.71. The van der Waals surface area contributed by atoms with E-state index in [0.29, 0.717) is 5.56 Å². The van der Waals surface area contributed by atoms with Gasteiger partial charge in [-0.2, -0.15) is 5.26 Å². The molecule has 0 fully saturated rings. The average molecular weight is 275 g/mol. The second-order valence-corrected chi connectivity index (χ2v) is 4.31. The van der Waals surface area contributed by atoms with Gasteiger partial charge in [-0.3, -0.25) is 4.79 Å². The Hall–Kier alpha value is -2.35. The summed E-state index contributed by atoms with van der Waals surface area (Å²) in [5.74, 6) is -3.16. The van der Waals surface area contributed by atoms with Gasteiger partial charge in [0.1, 0.15) is 0 Å². The lowest BCUT2D eigenvalue weighted by Gasteiger charge is -2.30. The highest BCUT2D eigenvalue weighted by Crippen LogP contribution is 2.36. The van der Waals surface area contributed by atoms with Crippen LogP contribution in [0.5, 0.6) is 0 Å². The van der Waals surface area contributed by atoms with Crippen molar-refractivity contribution in [2.75, 3.05) is 6.61 Å². The Morgan fingerprint density at radius 2 is 1.95 bits per heavy atom. The van der Waals surface area contributed by atoms with Gasteiger partial charge in [-0.05, 0) is 18.9 Å². The molecule has 0 bridgehead atoms. The normalized spacial score (nSPS) is 14.7. The smallest absolute Gasteiger partial charge is 0.331 e. The predicted molar refractivity (Wildman–Crippen MR) is 71.8 cm³/mol. The fourth-order valence-electron chi connectivity index (χ4n) is 2.26. The molecule has 0 amide bonds. The van der Waals surface area contributed by atoms with E-state index >= 15 is 0 Å². The number of rotatable bonds is 6. The molecule has 0 saturated carbocycles. The molecule has 0 spiro atoms. The highest BCUT2D eigenvalue weighted by Gasteiger charge is 2.52. The van der Waals surface area contributed by atoms with Gasteiger partial charge >= 0.3 is 11.9 Å². The molecule has 1 aromatic carbocycles. The largest absolute Gasteiger partial charge is 0.481 e. The molecule has 20 heavy (non-hydrogen) atoms. The minimum absolute atomic E-state index is 0.0884. The maximum Gasteiger partial charge on any atom is 0.331 e. The zero-order valence-electron chi connectivity index (χ0n) is 11.5. The summed E-state index contributed by atoms with van der Waals surface area (Å²) in [7, 11) is 0. The molecule has 0 aliphatic rings. The molecule has 1 rings (SSSR count). The number of carbonyl (C=O) groups is 2. The molecular weight excluding hydrogens is 258 g/mol. The van der Waals surface area contributed by atoms with Crippen molar-refractivity contribution in [1.29, 1.82) is 5.26 Å². The van der Waals surface area contributed by atoms with Crippen LogP contribution in [0.25, 0.3) is 0 Å². The van der Waals surface area contributed by atoms with E-state index in [-0.39, 0.29) is 13.0 Å². The summed E-state index contributed by atoms with van der Waals surface area (Å²) in [5.41, 5.74) is -1.48. The number of nitriles is 1. The molecule has 2 atom stereocenters. The molecule has 0 aromatic heterocycles. The van der Waals surface area contributed by atoms with Crippen molar-refractivity contribution in [2.45, 2.75) is 25.7 Å². The third kappa shape index (κ3) is 2.64. The number of aliphatic carboxylic acids is 1. The minimum atomic E-state index is -1.82. The van der Waals surface area contributed by atoms with Gasteiger partial charge in [-0.25, -0.2) is 4.79 Å². The third-order valence-corrected chi connectivity index (χ3v) is 3.23. The standard InChI is InChI=1S/C15H17NO4/c1-3-12(13(17)18)15(10-16,14(19)20-4-2)11-8-6-5-7-9-11/h5-9,12H,3-4H2,1-2H3,(H,17,18). The molecule has 2 unspecified atom stereocenters. The van der Waals surface area contributed by atoms with Crippen molar-refractivity contribution >= 4 is 11.9 Å². The van der Waals surface area contributed by atoms with Gasteiger partial charge in [-0.15, -0.1) is 0 Å². The van der Waals surface area contributed by atoms with E-state index in [0.717, 1.165) is 0 Å². The lowest BCUT2D eigenvalue weighted by molar-refractivity contribution is -0.157. The second-order valence-electron chi connectivity index (χ2n) is 4.31. The van der Waals surface area contributed by atoms with E-state index in [1.54, 1.807) is 44.2 Å². The average Bonchev–Trinajstić information content (AvgIpc) is 2.45. The molecule has 5 nitrogen and oxygen atoms in total. The van der Waals surface area contributed by atoms with Crippen molar-refractivity contribution in [3.63, 3.8) is 0 Å². The van der Waals surface area contributed by atoms with Crippen LogP contribution in [0, 0.1) is 17.2 Å². The lowest BCUT2D eigenvalue weighted by atomic mass is 9.70. The highest BCUT2D eigenvalue weighted by molar-refractivity contribution is 5.93. The number of benzene rings is 1. The number of esters is 1. The number of carbonyl (C=O) groups excluding carboxylic acids is 1. The third-order valence-electron chi connectivity index (χ3n) is 3.23. The van der Waals surface area contributed by atoms with Gasteiger partial charge in [-0.1, -0.05) is 37.3 Å². The van der Waals surface area contributed by atoms with Crippen molar-refractivity contribution in [3.8, 4) is 6.07 Å². The Labute approximate surface area is 117 Å². The first kappa shape index (κ1) is 15.7. The summed E-state index contributed by atoms with van der Waals surface area (Å²) in [6.45, 7) is 3.34. The van der Waals surface area contributed by atoms with Crippen molar-refractivity contribution in [1.82, 2.24) is 0 Å². The van der Waals surface area contributed by atoms with E-state index in [1.165, 1.54) is 0 Å². The van der Waals surface area contributed by atoms with E-state index < -0.39 is 23.3 Å². The number of carboxylic acids is 1. The van der Waals surface area contributed by atoms with Crippen LogP contribution in [0.1, 0.15) is 25.8 Å². The molecule has 0 aliphatic heterocycles. The maximum absolute atomic E-state index is 12.3. The minimum Gasteiger partial charge on any atom is -0.481 e. The molecule has 0 saturated heterocycles. The zero-order valence-corrected chi connectivity index (χ0v) is 11.5. The van der Waals surface area contributed by atoms with Crippen LogP contribution in [0.15, 0.2) is 30.3 Å². The fraction of sp³-hybridized carbons (Fsp3) is 0.400. The summed E-state index contributed by atoms with van der Waals surface area (Å²) in [4.78, 5) is 23.8. The van der Waals surface area contributed by atoms with Gasteiger partial charge in [0.25, 0.3) is 0 Å². The summed E-state index contributed by atoms with van der Waals surface area (Å²) >= 11 is 0. The van der Waals surface area contributed by atoms with Crippen LogP contribution in [0.2, 0.25) is 0 Å². The van der Waals surface area contributed by atoms with Crippen LogP contribution < -0.4 is 0 Å². The first-order valence-corrected chi connectivity index (χ1v) is 6.41. The SMILES string of the molecule is CCOC(=O)C(C#N)(c1ccccc1)C(CC)C(=O)O. The number of ether oxygens (including phenoxy) is 1. The molecule has 1 aromatic rings. The zero-order chi connectivity index (χ0) is 15.2. The summed E-state index contributed by atoms with van der Waals surface area (Å²) in [6.07, 6.45) is 0.149. The van der Waals surface area contributed by atoms with Crippen LogP contribution in [0.4, 0.5) is 0 Å². The first-order valence-electron chi connectivity index (χ1n) is 6.41. The Morgan fingerprint density at radius 3 is 2.35 bits per heavy atom. The van der Waals surface area contributed by atoms with E-state index in [9.17, 15) is 20.0 Å². The van der Waals surface area contributed by atoms with Crippen LogP contribution >= 0.6 is 0 Å². The van der Waals surface area contributed by atoms with Crippen molar-refractivity contribution in [2.24, 2.45) is 5.92 Å². The lowest BCUT2D eigenvalue weighted by Crippen LogP contribution is -2.46. The number of nitrogens with zero attached hydrogens (tertiary/aromatic N) is 1. The Bertz CT molecular complexity index is 520. The van der Waals surface area contributed by atoms with Crippen LogP contribution in [-0.4, -0.2) is 23.7 Å². The monoisotopic (exact) mass is 275 g/mol. The van der Waals surface area contributed by atoms with Gasteiger partial charge in [0.2, 0.25) is 0 Å². The Kier molecular flexibility index (Phi) is 5.27. The van der Waals surface area contributed by atoms with Gasteiger partial charge in [0.05, 0.1) is 18.6 Å². The molecule has 0 radical (unpaired) electrons. The van der Waals surface area contributed by atoms with E-state index in [4.69, 9.17) is 4.74 Å². The number of hydrogen-bond acceptors (Lipinski definition) is 4. The molecule has 1 N–H and O–H groups in total. The number of hydrogen-bond donors (Lipinski definition) is 1. The molecule has 106 valence electrons. The summed E-state index contributed by atoms with van der Waals surface area (Å²) in [5, 5.41) is 18.9. The van der Waals surface area contributed by atoms with Gasteiger partial charge in [0.15, 0.2) is 5.41 Å². The molecular formula is C15H17NO4. The van der Waals surface area contributed by atoms with Crippen molar-refractivity contribution < 1.29 is 19.4 Å². The van der Waals surface area contributed by atoms with Crippen molar-refractivity contribution in [3.05, 3.63) is 35.9 Å². The van der Waals surface area contributed by atoms with Crippen LogP contribution in [-0.2, 0) is 19.7 Å². The van der Waals surface area contributed by atoms with E-state index in [1.807, 2.05) is 6.07 Å². The Balaban J connectivity index is 3.50.